The maximum atomic E-state index is 13.1. The summed E-state index contributed by atoms with van der Waals surface area (Å²) in [5.74, 6) is 0.701. The van der Waals surface area contributed by atoms with Crippen molar-refractivity contribution in [3.05, 3.63) is 94.1 Å². The fourth-order valence-electron chi connectivity index (χ4n) is 3.76. The molecule has 0 atom stereocenters. The first kappa shape index (κ1) is 20.7. The molecule has 0 N–H and O–H groups in total. The summed E-state index contributed by atoms with van der Waals surface area (Å²) in [5, 5.41) is 0.407. The van der Waals surface area contributed by atoms with Crippen LogP contribution in [0.15, 0.2) is 76.4 Å². The van der Waals surface area contributed by atoms with Crippen LogP contribution in [0.4, 0.5) is 0 Å². The van der Waals surface area contributed by atoms with Crippen LogP contribution in [0.3, 0.4) is 0 Å². The molecular weight excluding hydrogens is 424 g/mol. The highest BCUT2D eigenvalue weighted by Gasteiger charge is 2.23. The van der Waals surface area contributed by atoms with E-state index in [-0.39, 0.29) is 11.2 Å². The topological polar surface area (TPSA) is 91.1 Å². The van der Waals surface area contributed by atoms with Gasteiger partial charge in [-0.15, -0.1) is 0 Å². The molecule has 2 aromatic carbocycles. The number of ether oxygens (including phenoxy) is 3. The van der Waals surface area contributed by atoms with E-state index >= 15 is 0 Å². The summed E-state index contributed by atoms with van der Waals surface area (Å²) in [5.41, 5.74) is 2.45. The van der Waals surface area contributed by atoms with Crippen LogP contribution in [-0.4, -0.2) is 29.7 Å². The molecule has 1 aliphatic rings. The van der Waals surface area contributed by atoms with Crippen molar-refractivity contribution in [3.8, 4) is 17.2 Å². The highest BCUT2D eigenvalue weighted by molar-refractivity contribution is 5.89. The van der Waals surface area contributed by atoms with Crippen molar-refractivity contribution in [1.82, 2.24) is 9.88 Å². The number of pyridine rings is 1. The Morgan fingerprint density at radius 2 is 2.00 bits per heavy atom. The summed E-state index contributed by atoms with van der Waals surface area (Å²) in [4.78, 5) is 30.9. The van der Waals surface area contributed by atoms with Gasteiger partial charge in [0.05, 0.1) is 23.6 Å². The lowest BCUT2D eigenvalue weighted by Gasteiger charge is -2.29. The van der Waals surface area contributed by atoms with Crippen molar-refractivity contribution >= 4 is 16.9 Å². The molecule has 0 bridgehead atoms. The molecule has 0 aliphatic carbocycles. The smallest absolute Gasteiger partial charge is 0.337 e. The van der Waals surface area contributed by atoms with E-state index in [0.717, 1.165) is 11.1 Å². The maximum absolute atomic E-state index is 13.1. The van der Waals surface area contributed by atoms with Gasteiger partial charge in [0.1, 0.15) is 30.1 Å². The van der Waals surface area contributed by atoms with Crippen LogP contribution < -0.4 is 14.9 Å². The first-order valence-electron chi connectivity index (χ1n) is 10.3. The molecule has 0 amide bonds. The SMILES string of the molecule is COC(=O)c1ccc(Oc2coc3c4c(ccc3c2=O)OCN(Cc2cccnc2)C4)cc1. The number of nitrogens with zero attached hydrogens (tertiary/aromatic N) is 2. The van der Waals surface area contributed by atoms with Gasteiger partial charge in [-0.25, -0.2) is 4.79 Å². The molecule has 8 heteroatoms. The number of methoxy groups -OCH3 is 1. The highest BCUT2D eigenvalue weighted by atomic mass is 16.5. The molecule has 1 aliphatic heterocycles. The summed E-state index contributed by atoms with van der Waals surface area (Å²) in [7, 11) is 1.31. The van der Waals surface area contributed by atoms with Crippen molar-refractivity contribution in [2.24, 2.45) is 0 Å². The average Bonchev–Trinajstić information content (AvgIpc) is 2.86. The van der Waals surface area contributed by atoms with E-state index in [9.17, 15) is 9.59 Å². The number of rotatable bonds is 5. The number of esters is 1. The largest absolute Gasteiger partial charge is 0.478 e. The van der Waals surface area contributed by atoms with Crippen LogP contribution in [0.25, 0.3) is 11.0 Å². The second-order valence-electron chi connectivity index (χ2n) is 7.59. The molecule has 4 aromatic rings. The molecule has 5 rings (SSSR count). The summed E-state index contributed by atoms with van der Waals surface area (Å²) in [6.07, 6.45) is 4.86. The van der Waals surface area contributed by atoms with Gasteiger partial charge in [-0.05, 0) is 48.0 Å². The first-order chi connectivity index (χ1) is 16.1. The molecule has 0 unspecified atom stereocenters. The standard InChI is InChI=1S/C25H20N2O6/c1-30-25(29)17-4-6-18(7-5-17)33-22-14-31-24-19(23(22)28)8-9-21-20(24)13-27(15-32-21)12-16-3-2-10-26-11-16/h2-11,14H,12-13,15H2,1H3. The van der Waals surface area contributed by atoms with Crippen molar-refractivity contribution in [2.45, 2.75) is 13.1 Å². The second-order valence-corrected chi connectivity index (χ2v) is 7.59. The van der Waals surface area contributed by atoms with E-state index in [1.54, 1.807) is 42.6 Å². The Bertz CT molecular complexity index is 1370. The van der Waals surface area contributed by atoms with E-state index in [2.05, 4.69) is 14.6 Å². The zero-order valence-corrected chi connectivity index (χ0v) is 17.8. The van der Waals surface area contributed by atoms with Gasteiger partial charge in [0.2, 0.25) is 11.2 Å². The summed E-state index contributed by atoms with van der Waals surface area (Å²) in [6, 6.07) is 13.7. The third-order valence-corrected chi connectivity index (χ3v) is 5.39. The lowest BCUT2D eigenvalue weighted by Crippen LogP contribution is -2.31. The van der Waals surface area contributed by atoms with Crippen molar-refractivity contribution in [2.75, 3.05) is 13.8 Å². The lowest BCUT2D eigenvalue weighted by atomic mass is 10.1. The number of benzene rings is 2. The predicted molar refractivity (Wildman–Crippen MR) is 119 cm³/mol. The minimum atomic E-state index is -0.448. The van der Waals surface area contributed by atoms with Gasteiger partial charge >= 0.3 is 5.97 Å². The Balaban J connectivity index is 1.41. The van der Waals surface area contributed by atoms with E-state index < -0.39 is 5.97 Å². The zero-order chi connectivity index (χ0) is 22.8. The van der Waals surface area contributed by atoms with Gasteiger partial charge in [-0.2, -0.15) is 0 Å². The number of carbonyl (C=O) groups is 1. The van der Waals surface area contributed by atoms with Crippen LogP contribution in [0.1, 0.15) is 21.5 Å². The second kappa shape index (κ2) is 8.76. The molecule has 0 saturated heterocycles. The number of hydrogen-bond donors (Lipinski definition) is 0. The summed E-state index contributed by atoms with van der Waals surface area (Å²) >= 11 is 0. The van der Waals surface area contributed by atoms with Crippen LogP contribution >= 0.6 is 0 Å². The zero-order valence-electron chi connectivity index (χ0n) is 17.8. The fourth-order valence-corrected chi connectivity index (χ4v) is 3.76. The van der Waals surface area contributed by atoms with E-state index in [1.807, 2.05) is 18.3 Å². The minimum absolute atomic E-state index is 0.0530. The Labute approximate surface area is 188 Å². The lowest BCUT2D eigenvalue weighted by molar-refractivity contribution is 0.0600. The van der Waals surface area contributed by atoms with E-state index in [4.69, 9.17) is 13.9 Å². The first-order valence-corrected chi connectivity index (χ1v) is 10.3. The number of carbonyl (C=O) groups excluding carboxylic acids is 1. The summed E-state index contributed by atoms with van der Waals surface area (Å²) < 4.78 is 22.2. The predicted octanol–water partition coefficient (Wildman–Crippen LogP) is 4.12. The van der Waals surface area contributed by atoms with E-state index in [0.29, 0.717) is 47.9 Å². The molecule has 2 aromatic heterocycles. The van der Waals surface area contributed by atoms with Crippen LogP contribution in [-0.2, 0) is 17.8 Å². The molecule has 0 radical (unpaired) electrons. The van der Waals surface area contributed by atoms with Crippen LogP contribution in [0, 0.1) is 0 Å². The van der Waals surface area contributed by atoms with Crippen molar-refractivity contribution in [3.63, 3.8) is 0 Å². The minimum Gasteiger partial charge on any atom is -0.478 e. The van der Waals surface area contributed by atoms with Crippen LogP contribution in [0.2, 0.25) is 0 Å². The Hall–Kier alpha value is -4.17. The Kier molecular flexibility index (Phi) is 5.50. The molecule has 0 fully saturated rings. The Morgan fingerprint density at radius 3 is 2.76 bits per heavy atom. The molecule has 33 heavy (non-hydrogen) atoms. The fraction of sp³-hybridized carbons (Fsp3) is 0.160. The third kappa shape index (κ3) is 4.16. The molecule has 0 spiro atoms. The highest BCUT2D eigenvalue weighted by Crippen LogP contribution is 2.33. The van der Waals surface area contributed by atoms with E-state index in [1.165, 1.54) is 13.4 Å². The molecule has 0 saturated carbocycles. The monoisotopic (exact) mass is 444 g/mol. The van der Waals surface area contributed by atoms with Crippen molar-refractivity contribution in [1.29, 1.82) is 0 Å². The molecule has 8 nitrogen and oxygen atoms in total. The van der Waals surface area contributed by atoms with Gasteiger partial charge in [-0.3, -0.25) is 14.7 Å². The average molecular weight is 444 g/mol. The van der Waals surface area contributed by atoms with Crippen molar-refractivity contribution < 1.29 is 23.4 Å². The number of hydrogen-bond acceptors (Lipinski definition) is 8. The van der Waals surface area contributed by atoms with Crippen LogP contribution in [0.5, 0.6) is 17.2 Å². The summed E-state index contributed by atoms with van der Waals surface area (Å²) in [6.45, 7) is 1.66. The molecule has 3 heterocycles. The van der Waals surface area contributed by atoms with Gasteiger partial charge < -0.3 is 18.6 Å². The number of fused-ring (bicyclic) bond motifs is 3. The normalized spacial score (nSPS) is 13.2. The van der Waals surface area contributed by atoms with Gasteiger partial charge in [0, 0.05) is 25.5 Å². The maximum Gasteiger partial charge on any atom is 0.337 e. The van der Waals surface area contributed by atoms with Gasteiger partial charge in [0.25, 0.3) is 0 Å². The van der Waals surface area contributed by atoms with Gasteiger partial charge in [-0.1, -0.05) is 6.07 Å². The molecular formula is C25H20N2O6. The third-order valence-electron chi connectivity index (χ3n) is 5.39. The van der Waals surface area contributed by atoms with Gasteiger partial charge in [0.15, 0.2) is 0 Å². The molecule has 166 valence electrons. The quantitative estimate of drug-likeness (QED) is 0.425. The number of aromatic nitrogens is 1. The Morgan fingerprint density at radius 1 is 1.15 bits per heavy atom.